The largest absolute Gasteiger partial charge is 0.393 e. The van der Waals surface area contributed by atoms with Crippen LogP contribution >= 0.6 is 0 Å². The van der Waals surface area contributed by atoms with Gasteiger partial charge in [0.15, 0.2) is 0 Å². The van der Waals surface area contributed by atoms with Crippen LogP contribution in [0.15, 0.2) is 11.6 Å². The molecule has 4 rings (SSSR count). The fraction of sp³-hybridized carbons (Fsp3) is 0.933. The predicted molar refractivity (Wildman–Crippen MR) is 133 cm³/mol. The molecular formula is C30H52O. The summed E-state index contributed by atoms with van der Waals surface area (Å²) < 4.78 is 0. The summed E-state index contributed by atoms with van der Waals surface area (Å²) in [7, 11) is 0. The first kappa shape index (κ1) is 23.8. The SMILES string of the molecule is CC(=C[C@@H](C)[C@H]1CC[C@H]2[C@@H]3CCC4C(C)C(O)CC[C@]4(C)[C@H]3CC[C@]12C)[C@H](C)C(C)C. The molecule has 0 aliphatic heterocycles. The van der Waals surface area contributed by atoms with Gasteiger partial charge in [0.1, 0.15) is 0 Å². The van der Waals surface area contributed by atoms with Crippen LogP contribution in [0, 0.1) is 64.1 Å². The van der Waals surface area contributed by atoms with Gasteiger partial charge < -0.3 is 5.11 Å². The summed E-state index contributed by atoms with van der Waals surface area (Å²) >= 11 is 0. The lowest BCUT2D eigenvalue weighted by Crippen LogP contribution is -2.56. The smallest absolute Gasteiger partial charge is 0.0568 e. The number of rotatable bonds is 4. The third-order valence-electron chi connectivity index (χ3n) is 12.1. The summed E-state index contributed by atoms with van der Waals surface area (Å²) in [6, 6.07) is 0. The standard InChI is InChI=1S/C30H52O/c1-18(2)21(5)19(3)17-20(4)24-11-12-26-23-9-10-25-22(6)28(31)14-16-30(25,8)27(23)13-15-29(24,26)7/h17-18,20-28,31H,9-16H2,1-8H3/t20-,21-,22?,23+,24-,25?,26+,27+,28?,29-,30+/m1/s1. The highest BCUT2D eigenvalue weighted by Crippen LogP contribution is 2.68. The Morgan fingerprint density at radius 3 is 2.13 bits per heavy atom. The summed E-state index contributed by atoms with van der Waals surface area (Å²) in [6.45, 7) is 19.7. The maximum atomic E-state index is 10.6. The van der Waals surface area contributed by atoms with Crippen LogP contribution < -0.4 is 0 Å². The summed E-state index contributed by atoms with van der Waals surface area (Å²) in [5.74, 6) is 7.05. The molecule has 0 radical (unpaired) electrons. The molecule has 3 unspecified atom stereocenters. The number of allylic oxidation sites excluding steroid dienone is 2. The molecule has 4 fully saturated rings. The molecule has 1 N–H and O–H groups in total. The van der Waals surface area contributed by atoms with E-state index in [2.05, 4.69) is 61.5 Å². The number of aliphatic hydroxyl groups is 1. The molecule has 0 amide bonds. The third kappa shape index (κ3) is 3.77. The second kappa shape index (κ2) is 8.48. The van der Waals surface area contributed by atoms with Gasteiger partial charge in [-0.15, -0.1) is 0 Å². The average molecular weight is 429 g/mol. The molecule has 31 heavy (non-hydrogen) atoms. The van der Waals surface area contributed by atoms with Crippen molar-refractivity contribution >= 4 is 0 Å². The summed E-state index contributed by atoms with van der Waals surface area (Å²) in [5, 5.41) is 10.6. The molecule has 1 nitrogen and oxygen atoms in total. The highest BCUT2D eigenvalue weighted by molar-refractivity contribution is 5.13. The highest BCUT2D eigenvalue weighted by Gasteiger charge is 2.61. The van der Waals surface area contributed by atoms with E-state index >= 15 is 0 Å². The molecule has 4 aliphatic carbocycles. The average Bonchev–Trinajstić information content (AvgIpc) is 3.07. The second-order valence-electron chi connectivity index (χ2n) is 13.6. The maximum absolute atomic E-state index is 10.6. The van der Waals surface area contributed by atoms with E-state index in [0.717, 1.165) is 41.9 Å². The molecular weight excluding hydrogens is 376 g/mol. The van der Waals surface area contributed by atoms with Gasteiger partial charge >= 0.3 is 0 Å². The van der Waals surface area contributed by atoms with E-state index in [1.165, 1.54) is 44.9 Å². The van der Waals surface area contributed by atoms with Gasteiger partial charge in [-0.3, -0.25) is 0 Å². The fourth-order valence-corrected chi connectivity index (χ4v) is 9.82. The van der Waals surface area contributed by atoms with E-state index in [9.17, 15) is 5.11 Å². The molecule has 0 heterocycles. The second-order valence-corrected chi connectivity index (χ2v) is 13.6. The lowest BCUT2D eigenvalue weighted by atomic mass is 9.43. The first-order valence-electron chi connectivity index (χ1n) is 13.9. The van der Waals surface area contributed by atoms with Crippen molar-refractivity contribution in [3.8, 4) is 0 Å². The number of hydrogen-bond acceptors (Lipinski definition) is 1. The monoisotopic (exact) mass is 428 g/mol. The van der Waals surface area contributed by atoms with Crippen LogP contribution in [0.4, 0.5) is 0 Å². The van der Waals surface area contributed by atoms with E-state index in [-0.39, 0.29) is 6.10 Å². The number of fused-ring (bicyclic) bond motifs is 5. The van der Waals surface area contributed by atoms with Crippen molar-refractivity contribution in [2.45, 2.75) is 113 Å². The zero-order chi connectivity index (χ0) is 22.7. The van der Waals surface area contributed by atoms with Crippen LogP contribution in [0.3, 0.4) is 0 Å². The highest BCUT2D eigenvalue weighted by atomic mass is 16.3. The van der Waals surface area contributed by atoms with Crippen molar-refractivity contribution in [3.05, 3.63) is 11.6 Å². The number of aliphatic hydroxyl groups excluding tert-OH is 1. The van der Waals surface area contributed by atoms with Gasteiger partial charge in [-0.25, -0.2) is 0 Å². The van der Waals surface area contributed by atoms with Crippen molar-refractivity contribution < 1.29 is 5.11 Å². The van der Waals surface area contributed by atoms with Gasteiger partial charge in [-0.1, -0.05) is 60.1 Å². The minimum Gasteiger partial charge on any atom is -0.393 e. The van der Waals surface area contributed by atoms with Crippen LogP contribution in [0.5, 0.6) is 0 Å². The fourth-order valence-electron chi connectivity index (χ4n) is 9.82. The van der Waals surface area contributed by atoms with E-state index in [4.69, 9.17) is 0 Å². The van der Waals surface area contributed by atoms with Gasteiger partial charge in [-0.2, -0.15) is 0 Å². The Balaban J connectivity index is 1.53. The molecule has 0 aromatic carbocycles. The lowest BCUT2D eigenvalue weighted by molar-refractivity contribution is -0.148. The Labute approximate surface area is 193 Å². The minimum atomic E-state index is -0.0524. The Morgan fingerprint density at radius 2 is 1.45 bits per heavy atom. The zero-order valence-corrected chi connectivity index (χ0v) is 22.0. The van der Waals surface area contributed by atoms with Crippen molar-refractivity contribution in [2.24, 2.45) is 64.1 Å². The van der Waals surface area contributed by atoms with Gasteiger partial charge in [0, 0.05) is 0 Å². The summed E-state index contributed by atoms with van der Waals surface area (Å²) in [6.07, 6.45) is 13.5. The molecule has 1 heteroatoms. The molecule has 0 aromatic rings. The number of hydrogen-bond donors (Lipinski definition) is 1. The topological polar surface area (TPSA) is 20.2 Å². The molecule has 178 valence electrons. The van der Waals surface area contributed by atoms with Gasteiger partial charge in [0.2, 0.25) is 0 Å². The maximum Gasteiger partial charge on any atom is 0.0568 e. The Bertz CT molecular complexity index is 678. The summed E-state index contributed by atoms with van der Waals surface area (Å²) in [5.41, 5.74) is 2.64. The Hall–Kier alpha value is -0.300. The van der Waals surface area contributed by atoms with Crippen molar-refractivity contribution in [1.29, 1.82) is 0 Å². The van der Waals surface area contributed by atoms with Crippen LogP contribution in [-0.2, 0) is 0 Å². The quantitative estimate of drug-likeness (QED) is 0.448. The predicted octanol–water partition coefficient (Wildman–Crippen LogP) is 8.13. The summed E-state index contributed by atoms with van der Waals surface area (Å²) in [4.78, 5) is 0. The molecule has 0 saturated heterocycles. The minimum absolute atomic E-state index is 0.0524. The van der Waals surface area contributed by atoms with Gasteiger partial charge in [-0.05, 0) is 122 Å². The molecule has 11 atom stereocenters. The van der Waals surface area contributed by atoms with E-state index in [0.29, 0.717) is 28.6 Å². The zero-order valence-electron chi connectivity index (χ0n) is 22.0. The van der Waals surface area contributed by atoms with Crippen molar-refractivity contribution in [2.75, 3.05) is 0 Å². The van der Waals surface area contributed by atoms with Crippen molar-refractivity contribution in [1.82, 2.24) is 0 Å². The lowest BCUT2D eigenvalue weighted by Gasteiger charge is -2.62. The van der Waals surface area contributed by atoms with Gasteiger partial charge in [0.05, 0.1) is 6.10 Å². The Kier molecular flexibility index (Phi) is 6.53. The normalized spacial score (nSPS) is 49.9. The first-order valence-corrected chi connectivity index (χ1v) is 13.9. The van der Waals surface area contributed by atoms with E-state index < -0.39 is 0 Å². The van der Waals surface area contributed by atoms with Crippen LogP contribution in [0.25, 0.3) is 0 Å². The van der Waals surface area contributed by atoms with E-state index in [1.807, 2.05) is 0 Å². The molecule has 0 bridgehead atoms. The van der Waals surface area contributed by atoms with Crippen molar-refractivity contribution in [3.63, 3.8) is 0 Å². The van der Waals surface area contributed by atoms with E-state index in [1.54, 1.807) is 5.57 Å². The molecule has 0 spiro atoms. The van der Waals surface area contributed by atoms with Gasteiger partial charge in [0.25, 0.3) is 0 Å². The molecule has 0 aromatic heterocycles. The van der Waals surface area contributed by atoms with Crippen LogP contribution in [-0.4, -0.2) is 11.2 Å². The Morgan fingerprint density at radius 1 is 0.839 bits per heavy atom. The molecule has 4 aliphatic rings. The first-order chi connectivity index (χ1) is 14.5. The third-order valence-corrected chi connectivity index (χ3v) is 12.1. The van der Waals surface area contributed by atoms with Crippen LogP contribution in [0.2, 0.25) is 0 Å². The van der Waals surface area contributed by atoms with Crippen LogP contribution in [0.1, 0.15) is 107 Å². The molecule has 4 saturated carbocycles.